The van der Waals surface area contributed by atoms with E-state index in [-0.39, 0.29) is 11.1 Å². The molecule has 0 aliphatic heterocycles. The number of aryl methyl sites for hydroxylation is 2. The molecule has 0 unspecified atom stereocenters. The van der Waals surface area contributed by atoms with Crippen LogP contribution in [0.3, 0.4) is 0 Å². The predicted molar refractivity (Wildman–Crippen MR) is 119 cm³/mol. The van der Waals surface area contributed by atoms with Gasteiger partial charge in [0.05, 0.1) is 5.56 Å². The quantitative estimate of drug-likeness (QED) is 0.431. The van der Waals surface area contributed by atoms with Crippen molar-refractivity contribution < 1.29 is 8.78 Å². The summed E-state index contributed by atoms with van der Waals surface area (Å²) in [6, 6.07) is 18.1. The lowest BCUT2D eigenvalue weighted by molar-refractivity contribution is 0.577. The highest BCUT2D eigenvalue weighted by atomic mass is 19.1. The second-order valence-corrected chi connectivity index (χ2v) is 7.17. The van der Waals surface area contributed by atoms with Gasteiger partial charge >= 0.3 is 0 Å². The maximum Gasteiger partial charge on any atom is 0.143 e. The van der Waals surface area contributed by atoms with Crippen molar-refractivity contribution in [3.05, 3.63) is 106 Å². The molecule has 0 aliphatic carbocycles. The highest BCUT2D eigenvalue weighted by molar-refractivity contribution is 5.49. The molecule has 0 heterocycles. The van der Waals surface area contributed by atoms with Gasteiger partial charge in [0.1, 0.15) is 11.6 Å². The van der Waals surface area contributed by atoms with E-state index in [9.17, 15) is 8.78 Å². The number of rotatable bonds is 4. The molecule has 0 atom stereocenters. The standard InChI is InChI=1S/C28H24F2/c1-3-5-6-22-11-13-24(14-12-22)17-18-26-27(29)19-25(20-28(26)30)16-15-23-9-7-21(4-2)8-10-23/h7-14,19-20H,3-6H2,1-2H3. The Morgan fingerprint density at radius 2 is 1.13 bits per heavy atom. The Kier molecular flexibility index (Phi) is 7.42. The van der Waals surface area contributed by atoms with Gasteiger partial charge in [0.15, 0.2) is 0 Å². The summed E-state index contributed by atoms with van der Waals surface area (Å²) in [5, 5.41) is 0. The first-order chi connectivity index (χ1) is 14.6. The van der Waals surface area contributed by atoms with Crippen LogP contribution in [0.25, 0.3) is 0 Å². The van der Waals surface area contributed by atoms with E-state index in [1.165, 1.54) is 23.3 Å². The first kappa shape index (κ1) is 21.4. The van der Waals surface area contributed by atoms with Crippen LogP contribution in [0.15, 0.2) is 60.7 Å². The van der Waals surface area contributed by atoms with Crippen molar-refractivity contribution in [3.63, 3.8) is 0 Å². The second kappa shape index (κ2) is 10.4. The number of unbranched alkanes of at least 4 members (excludes halogenated alkanes) is 1. The monoisotopic (exact) mass is 398 g/mol. The maximum atomic E-state index is 14.4. The molecule has 3 rings (SSSR count). The average Bonchev–Trinajstić information content (AvgIpc) is 2.77. The summed E-state index contributed by atoms with van der Waals surface area (Å²) >= 11 is 0. The first-order valence-electron chi connectivity index (χ1n) is 10.3. The molecule has 0 amide bonds. The first-order valence-corrected chi connectivity index (χ1v) is 10.3. The minimum absolute atomic E-state index is 0.233. The van der Waals surface area contributed by atoms with Gasteiger partial charge in [-0.05, 0) is 66.8 Å². The summed E-state index contributed by atoms with van der Waals surface area (Å²) in [6.07, 6.45) is 4.26. The van der Waals surface area contributed by atoms with Crippen molar-refractivity contribution in [2.75, 3.05) is 0 Å². The minimum atomic E-state index is -0.701. The number of halogens is 2. The van der Waals surface area contributed by atoms with E-state index in [0.29, 0.717) is 0 Å². The van der Waals surface area contributed by atoms with Gasteiger partial charge in [0.2, 0.25) is 0 Å². The molecule has 0 saturated carbocycles. The molecule has 3 aromatic rings. The van der Waals surface area contributed by atoms with Crippen LogP contribution >= 0.6 is 0 Å². The van der Waals surface area contributed by atoms with E-state index in [1.807, 2.05) is 48.5 Å². The lowest BCUT2D eigenvalue weighted by Gasteiger charge is -2.00. The van der Waals surface area contributed by atoms with Crippen LogP contribution in [-0.2, 0) is 12.8 Å². The molecule has 2 heteroatoms. The van der Waals surface area contributed by atoms with Crippen molar-refractivity contribution in [1.82, 2.24) is 0 Å². The fraction of sp³-hybridized carbons (Fsp3) is 0.214. The summed E-state index contributed by atoms with van der Waals surface area (Å²) in [5.41, 5.74) is 4.05. The summed E-state index contributed by atoms with van der Waals surface area (Å²) in [6.45, 7) is 4.24. The third-order valence-corrected chi connectivity index (χ3v) is 4.86. The van der Waals surface area contributed by atoms with Crippen molar-refractivity contribution in [1.29, 1.82) is 0 Å². The van der Waals surface area contributed by atoms with Gasteiger partial charge in [-0.15, -0.1) is 0 Å². The Morgan fingerprint density at radius 1 is 0.633 bits per heavy atom. The van der Waals surface area contributed by atoms with Gasteiger partial charge in [-0.3, -0.25) is 0 Å². The van der Waals surface area contributed by atoms with Crippen LogP contribution in [0.1, 0.15) is 60.1 Å². The van der Waals surface area contributed by atoms with Crippen molar-refractivity contribution in [3.8, 4) is 23.7 Å². The molecule has 0 aliphatic rings. The normalized spacial score (nSPS) is 10.0. The maximum absolute atomic E-state index is 14.4. The molecule has 0 radical (unpaired) electrons. The van der Waals surface area contributed by atoms with E-state index in [2.05, 4.69) is 37.5 Å². The second-order valence-electron chi connectivity index (χ2n) is 7.17. The largest absolute Gasteiger partial charge is 0.205 e. The zero-order valence-electron chi connectivity index (χ0n) is 17.4. The molecule has 30 heavy (non-hydrogen) atoms. The third-order valence-electron chi connectivity index (χ3n) is 4.86. The van der Waals surface area contributed by atoms with Crippen LogP contribution < -0.4 is 0 Å². The molecule has 0 bridgehead atoms. The van der Waals surface area contributed by atoms with Crippen LogP contribution in [0, 0.1) is 35.3 Å². The highest BCUT2D eigenvalue weighted by Gasteiger charge is 2.08. The number of hydrogen-bond acceptors (Lipinski definition) is 0. The van der Waals surface area contributed by atoms with Crippen LogP contribution in [0.4, 0.5) is 8.78 Å². The molecule has 0 aromatic heterocycles. The zero-order valence-corrected chi connectivity index (χ0v) is 17.4. The number of hydrogen-bond donors (Lipinski definition) is 0. The summed E-state index contributed by atoms with van der Waals surface area (Å²) < 4.78 is 28.9. The van der Waals surface area contributed by atoms with Gasteiger partial charge in [-0.2, -0.15) is 0 Å². The van der Waals surface area contributed by atoms with Crippen LogP contribution in [0.2, 0.25) is 0 Å². The smallest absolute Gasteiger partial charge is 0.143 e. The van der Waals surface area contributed by atoms with Crippen molar-refractivity contribution in [2.45, 2.75) is 39.5 Å². The Bertz CT molecular complexity index is 1090. The summed E-state index contributed by atoms with van der Waals surface area (Å²) in [4.78, 5) is 0. The lowest BCUT2D eigenvalue weighted by Crippen LogP contribution is -1.93. The van der Waals surface area contributed by atoms with Gasteiger partial charge in [-0.1, -0.05) is 68.2 Å². The Morgan fingerprint density at radius 3 is 1.67 bits per heavy atom. The van der Waals surface area contributed by atoms with Crippen LogP contribution in [-0.4, -0.2) is 0 Å². The molecule has 0 nitrogen and oxygen atoms in total. The third kappa shape index (κ3) is 5.82. The zero-order chi connectivity index (χ0) is 21.3. The van der Waals surface area contributed by atoms with Crippen molar-refractivity contribution >= 4 is 0 Å². The van der Waals surface area contributed by atoms with Gasteiger partial charge in [0, 0.05) is 16.7 Å². The van der Waals surface area contributed by atoms with E-state index < -0.39 is 11.6 Å². The Balaban J connectivity index is 1.77. The summed E-state index contributed by atoms with van der Waals surface area (Å²) in [7, 11) is 0. The Hall–Kier alpha value is -3.36. The SMILES string of the molecule is CCCCc1ccc(C#Cc2c(F)cc(C#Cc3ccc(CC)cc3)cc2F)cc1. The molecule has 150 valence electrons. The summed E-state index contributed by atoms with van der Waals surface area (Å²) in [5.74, 6) is 9.84. The fourth-order valence-electron chi connectivity index (χ4n) is 3.00. The topological polar surface area (TPSA) is 0 Å². The number of benzene rings is 3. The highest BCUT2D eigenvalue weighted by Crippen LogP contribution is 2.15. The minimum Gasteiger partial charge on any atom is -0.205 e. The van der Waals surface area contributed by atoms with Crippen LogP contribution in [0.5, 0.6) is 0 Å². The predicted octanol–water partition coefficient (Wildman–Crippen LogP) is 6.67. The molecule has 0 saturated heterocycles. The molecular weight excluding hydrogens is 374 g/mol. The lowest BCUT2D eigenvalue weighted by atomic mass is 10.1. The van der Waals surface area contributed by atoms with E-state index >= 15 is 0 Å². The molecule has 0 fully saturated rings. The Labute approximate surface area is 178 Å². The van der Waals surface area contributed by atoms with E-state index in [1.54, 1.807) is 0 Å². The van der Waals surface area contributed by atoms with E-state index in [4.69, 9.17) is 0 Å². The van der Waals surface area contributed by atoms with E-state index in [0.717, 1.165) is 36.8 Å². The van der Waals surface area contributed by atoms with Gasteiger partial charge < -0.3 is 0 Å². The molecule has 0 N–H and O–H groups in total. The molecule has 0 spiro atoms. The van der Waals surface area contributed by atoms with Gasteiger partial charge in [0.25, 0.3) is 0 Å². The van der Waals surface area contributed by atoms with Gasteiger partial charge in [-0.25, -0.2) is 8.78 Å². The average molecular weight is 398 g/mol. The fourth-order valence-corrected chi connectivity index (χ4v) is 3.00. The van der Waals surface area contributed by atoms with Crippen molar-refractivity contribution in [2.24, 2.45) is 0 Å². The molecule has 3 aromatic carbocycles. The molecular formula is C28H24F2.